The molecule has 0 bridgehead atoms. The molecule has 112 valence electrons. The Bertz CT molecular complexity index is 802. The molecule has 2 aromatic heterocycles. The van der Waals surface area contributed by atoms with E-state index in [9.17, 15) is 4.39 Å². The minimum atomic E-state index is -1.15. The second-order valence-corrected chi connectivity index (χ2v) is 5.76. The van der Waals surface area contributed by atoms with Crippen molar-refractivity contribution in [1.29, 1.82) is 0 Å². The third-order valence-corrected chi connectivity index (χ3v) is 4.16. The maximum absolute atomic E-state index is 14.3. The van der Waals surface area contributed by atoms with Crippen LogP contribution in [0.15, 0.2) is 34.9 Å². The number of hydrogen-bond acceptors (Lipinski definition) is 4. The van der Waals surface area contributed by atoms with Crippen LogP contribution in [0, 0.1) is 6.92 Å². The highest BCUT2D eigenvalue weighted by Gasteiger charge is 2.38. The van der Waals surface area contributed by atoms with Crippen molar-refractivity contribution in [3.63, 3.8) is 0 Å². The van der Waals surface area contributed by atoms with Crippen LogP contribution in [0.4, 0.5) is 4.39 Å². The molecule has 5 nitrogen and oxygen atoms in total. The van der Waals surface area contributed by atoms with Gasteiger partial charge in [-0.3, -0.25) is 5.10 Å². The highest BCUT2D eigenvalue weighted by atomic mass is 19.1. The third-order valence-electron chi connectivity index (χ3n) is 4.16. The third kappa shape index (κ3) is 2.11. The summed E-state index contributed by atoms with van der Waals surface area (Å²) < 4.78 is 19.6. The van der Waals surface area contributed by atoms with Crippen LogP contribution in [0.2, 0.25) is 0 Å². The van der Waals surface area contributed by atoms with E-state index in [1.165, 1.54) is 0 Å². The maximum atomic E-state index is 14.3. The Balaban J connectivity index is 1.61. The maximum Gasteiger partial charge on any atom is 0.278 e. The molecule has 2 heterocycles. The molecule has 0 unspecified atom stereocenters. The minimum Gasteiger partial charge on any atom is -0.332 e. The monoisotopic (exact) mass is 298 g/mol. The summed E-state index contributed by atoms with van der Waals surface area (Å²) in [6.07, 6.45) is 2.17. The fourth-order valence-corrected chi connectivity index (χ4v) is 2.67. The first kappa shape index (κ1) is 13.2. The molecule has 0 atom stereocenters. The minimum absolute atomic E-state index is 0.365. The van der Waals surface area contributed by atoms with Crippen LogP contribution in [-0.4, -0.2) is 20.3 Å². The molecule has 0 spiro atoms. The Morgan fingerprint density at radius 3 is 2.59 bits per heavy atom. The molecule has 1 aliphatic carbocycles. The number of benzene rings is 1. The lowest BCUT2D eigenvalue weighted by molar-refractivity contribution is 0.0609. The number of rotatable bonds is 3. The van der Waals surface area contributed by atoms with Gasteiger partial charge in [-0.05, 0) is 37.8 Å². The Kier molecular flexibility index (Phi) is 2.85. The second-order valence-electron chi connectivity index (χ2n) is 5.76. The lowest BCUT2D eigenvalue weighted by atomic mass is 9.77. The number of aromatic amines is 1. The molecule has 1 fully saturated rings. The molecular weight excluding hydrogens is 283 g/mol. The number of aromatic nitrogens is 4. The van der Waals surface area contributed by atoms with E-state index in [0.717, 1.165) is 23.2 Å². The van der Waals surface area contributed by atoms with Crippen LogP contribution in [-0.2, 0) is 5.67 Å². The van der Waals surface area contributed by atoms with Crippen molar-refractivity contribution in [2.45, 2.75) is 31.9 Å². The van der Waals surface area contributed by atoms with E-state index >= 15 is 0 Å². The number of hydrogen-bond donors (Lipinski definition) is 1. The van der Waals surface area contributed by atoms with E-state index in [4.69, 9.17) is 4.52 Å². The summed E-state index contributed by atoms with van der Waals surface area (Å²) in [4.78, 5) is 4.34. The first-order chi connectivity index (χ1) is 10.6. The lowest BCUT2D eigenvalue weighted by Gasteiger charge is -2.34. The number of nitrogens with zero attached hydrogens (tertiary/aromatic N) is 3. The molecule has 0 aliphatic heterocycles. The fourth-order valence-electron chi connectivity index (χ4n) is 2.67. The van der Waals surface area contributed by atoms with E-state index in [1.54, 1.807) is 0 Å². The number of aryl methyl sites for hydroxylation is 1. The van der Waals surface area contributed by atoms with Gasteiger partial charge in [0.25, 0.3) is 5.89 Å². The van der Waals surface area contributed by atoms with Gasteiger partial charge in [0.05, 0.1) is 0 Å². The molecule has 0 radical (unpaired) electrons. The quantitative estimate of drug-likeness (QED) is 0.799. The Morgan fingerprint density at radius 1 is 1.23 bits per heavy atom. The van der Waals surface area contributed by atoms with Gasteiger partial charge in [0.1, 0.15) is 5.67 Å². The van der Waals surface area contributed by atoms with Crippen LogP contribution >= 0.6 is 0 Å². The average molecular weight is 298 g/mol. The highest BCUT2D eigenvalue weighted by Crippen LogP contribution is 2.45. The summed E-state index contributed by atoms with van der Waals surface area (Å²) in [6.45, 7) is 1.90. The summed E-state index contributed by atoms with van der Waals surface area (Å²) in [5, 5.41) is 10.9. The summed E-state index contributed by atoms with van der Waals surface area (Å²) in [7, 11) is 0. The normalized spacial score (nSPS) is 16.5. The van der Waals surface area contributed by atoms with E-state index in [2.05, 4.69) is 20.3 Å². The van der Waals surface area contributed by atoms with E-state index in [1.807, 2.05) is 37.3 Å². The van der Waals surface area contributed by atoms with Crippen molar-refractivity contribution in [1.82, 2.24) is 20.3 Å². The molecule has 1 aliphatic rings. The molecule has 3 aromatic rings. The number of H-pyrrole nitrogens is 1. The number of alkyl halides is 1. The van der Waals surface area contributed by atoms with Gasteiger partial charge in [-0.25, -0.2) is 4.39 Å². The average Bonchev–Trinajstić information content (AvgIpc) is 3.14. The summed E-state index contributed by atoms with van der Waals surface area (Å²) >= 11 is 0. The highest BCUT2D eigenvalue weighted by molar-refractivity contribution is 5.58. The van der Waals surface area contributed by atoms with Gasteiger partial charge >= 0.3 is 0 Å². The van der Waals surface area contributed by atoms with Crippen LogP contribution in [0.5, 0.6) is 0 Å². The van der Waals surface area contributed by atoms with Crippen molar-refractivity contribution in [3.05, 3.63) is 41.6 Å². The first-order valence-corrected chi connectivity index (χ1v) is 7.30. The van der Waals surface area contributed by atoms with Gasteiger partial charge in [-0.1, -0.05) is 29.4 Å². The van der Waals surface area contributed by atoms with Crippen molar-refractivity contribution in [2.24, 2.45) is 0 Å². The van der Waals surface area contributed by atoms with Gasteiger partial charge in [0.2, 0.25) is 5.82 Å². The smallest absolute Gasteiger partial charge is 0.278 e. The molecule has 0 saturated heterocycles. The zero-order valence-corrected chi connectivity index (χ0v) is 12.1. The molecule has 4 rings (SSSR count). The van der Waals surface area contributed by atoms with Crippen LogP contribution < -0.4 is 0 Å². The van der Waals surface area contributed by atoms with Crippen molar-refractivity contribution in [3.8, 4) is 23.0 Å². The molecule has 22 heavy (non-hydrogen) atoms. The Hall–Kier alpha value is -2.50. The van der Waals surface area contributed by atoms with E-state index in [-0.39, 0.29) is 0 Å². The summed E-state index contributed by atoms with van der Waals surface area (Å²) in [5.41, 5.74) is 1.93. The van der Waals surface area contributed by atoms with Crippen LogP contribution in [0.3, 0.4) is 0 Å². The van der Waals surface area contributed by atoms with Crippen LogP contribution in [0.1, 0.15) is 30.5 Å². The van der Waals surface area contributed by atoms with Crippen molar-refractivity contribution in [2.75, 3.05) is 0 Å². The van der Waals surface area contributed by atoms with Crippen molar-refractivity contribution < 1.29 is 8.91 Å². The molecule has 1 aromatic carbocycles. The molecule has 1 saturated carbocycles. The van der Waals surface area contributed by atoms with Gasteiger partial charge < -0.3 is 4.52 Å². The van der Waals surface area contributed by atoms with Crippen molar-refractivity contribution >= 4 is 0 Å². The first-order valence-electron chi connectivity index (χ1n) is 7.30. The second kappa shape index (κ2) is 4.76. The summed E-state index contributed by atoms with van der Waals surface area (Å²) in [6, 6.07) is 9.12. The topological polar surface area (TPSA) is 67.6 Å². The zero-order chi connectivity index (χ0) is 15.2. The standard InChI is InChI=1S/C16H15FN4O/c1-10-9-13(20-19-10)15-18-14(21-22-15)11-3-5-12(6-4-11)16(17)7-2-8-16/h3-6,9H,2,7-8H2,1H3,(H,19,20). The molecule has 6 heteroatoms. The van der Waals surface area contributed by atoms with Gasteiger partial charge in [0.15, 0.2) is 5.69 Å². The SMILES string of the molecule is Cc1cc(-c2nc(-c3ccc(C4(F)CCC4)cc3)no2)n[nH]1. The fraction of sp³-hybridized carbons (Fsp3) is 0.312. The largest absolute Gasteiger partial charge is 0.332 e. The Morgan fingerprint density at radius 2 is 2.00 bits per heavy atom. The molecular formula is C16H15FN4O. The molecule has 1 N–H and O–H groups in total. The van der Waals surface area contributed by atoms with E-state index in [0.29, 0.717) is 30.3 Å². The Labute approximate surface area is 126 Å². The van der Waals surface area contributed by atoms with Crippen LogP contribution in [0.25, 0.3) is 23.0 Å². The zero-order valence-electron chi connectivity index (χ0n) is 12.1. The predicted octanol–water partition coefficient (Wildman–Crippen LogP) is 3.78. The van der Waals surface area contributed by atoms with E-state index < -0.39 is 5.67 Å². The van der Waals surface area contributed by atoms with Gasteiger partial charge in [0, 0.05) is 11.3 Å². The molecule has 0 amide bonds. The number of nitrogens with one attached hydrogen (secondary N) is 1. The van der Waals surface area contributed by atoms with Gasteiger partial charge in [-0.15, -0.1) is 0 Å². The number of halogens is 1. The summed E-state index contributed by atoms with van der Waals surface area (Å²) in [5.74, 6) is 0.841. The predicted molar refractivity (Wildman–Crippen MR) is 78.7 cm³/mol. The lowest BCUT2D eigenvalue weighted by Crippen LogP contribution is -2.28. The van der Waals surface area contributed by atoms with Gasteiger partial charge in [-0.2, -0.15) is 10.1 Å².